The van der Waals surface area contributed by atoms with Crippen molar-refractivity contribution in [2.45, 2.75) is 13.8 Å². The van der Waals surface area contributed by atoms with E-state index >= 15 is 0 Å². The fourth-order valence-electron chi connectivity index (χ4n) is 1.96. The van der Waals surface area contributed by atoms with E-state index in [1.165, 1.54) is 18.2 Å². The molecule has 0 aromatic heterocycles. The summed E-state index contributed by atoms with van der Waals surface area (Å²) in [6.07, 6.45) is 3.16. The first kappa shape index (κ1) is 15.8. The Labute approximate surface area is 129 Å². The first-order chi connectivity index (χ1) is 10.6. The van der Waals surface area contributed by atoms with Crippen LogP contribution in [0.2, 0.25) is 0 Å². The van der Waals surface area contributed by atoms with Gasteiger partial charge in [-0.1, -0.05) is 12.1 Å². The molecule has 0 radical (unpaired) electrons. The lowest BCUT2D eigenvalue weighted by Crippen LogP contribution is -2.09. The zero-order chi connectivity index (χ0) is 15.9. The SMILES string of the molecule is CCOc1ccc(/C=C/C(=O)Nc2ccc(F)cc2C)cc1. The molecule has 0 heterocycles. The highest BCUT2D eigenvalue weighted by Gasteiger charge is 2.02. The molecule has 0 spiro atoms. The van der Waals surface area contributed by atoms with E-state index < -0.39 is 0 Å². The molecular formula is C18H18FNO2. The molecular weight excluding hydrogens is 281 g/mol. The molecule has 0 saturated carbocycles. The highest BCUT2D eigenvalue weighted by atomic mass is 19.1. The molecule has 0 aliphatic heterocycles. The van der Waals surface area contributed by atoms with Gasteiger partial charge in [-0.25, -0.2) is 4.39 Å². The molecule has 2 aromatic carbocycles. The van der Waals surface area contributed by atoms with Crippen molar-refractivity contribution in [3.05, 3.63) is 65.5 Å². The van der Waals surface area contributed by atoms with Crippen molar-refractivity contribution in [1.82, 2.24) is 0 Å². The Hall–Kier alpha value is -2.62. The van der Waals surface area contributed by atoms with E-state index in [4.69, 9.17) is 4.74 Å². The molecule has 22 heavy (non-hydrogen) atoms. The van der Waals surface area contributed by atoms with Crippen LogP contribution in [0.4, 0.5) is 10.1 Å². The maximum Gasteiger partial charge on any atom is 0.248 e. The first-order valence-corrected chi connectivity index (χ1v) is 7.06. The maximum absolute atomic E-state index is 13.0. The fourth-order valence-corrected chi connectivity index (χ4v) is 1.96. The van der Waals surface area contributed by atoms with Crippen molar-refractivity contribution in [1.29, 1.82) is 0 Å². The van der Waals surface area contributed by atoms with Gasteiger partial charge in [0.15, 0.2) is 0 Å². The lowest BCUT2D eigenvalue weighted by Gasteiger charge is -2.06. The van der Waals surface area contributed by atoms with E-state index in [-0.39, 0.29) is 11.7 Å². The molecule has 0 aliphatic carbocycles. The van der Waals surface area contributed by atoms with E-state index in [0.29, 0.717) is 17.9 Å². The van der Waals surface area contributed by atoms with Gasteiger partial charge in [0.1, 0.15) is 11.6 Å². The third-order valence-electron chi connectivity index (χ3n) is 3.06. The number of anilines is 1. The van der Waals surface area contributed by atoms with Gasteiger partial charge >= 0.3 is 0 Å². The largest absolute Gasteiger partial charge is 0.494 e. The first-order valence-electron chi connectivity index (χ1n) is 7.06. The van der Waals surface area contributed by atoms with Gasteiger partial charge in [0.2, 0.25) is 5.91 Å². The normalized spacial score (nSPS) is 10.7. The van der Waals surface area contributed by atoms with Gasteiger partial charge in [0.05, 0.1) is 6.61 Å². The molecule has 114 valence electrons. The lowest BCUT2D eigenvalue weighted by atomic mass is 10.2. The summed E-state index contributed by atoms with van der Waals surface area (Å²) < 4.78 is 18.4. The zero-order valence-corrected chi connectivity index (χ0v) is 12.6. The predicted octanol–water partition coefficient (Wildman–Crippen LogP) is 4.18. The summed E-state index contributed by atoms with van der Waals surface area (Å²) in [5.41, 5.74) is 2.18. The Morgan fingerprint density at radius 3 is 2.59 bits per heavy atom. The van der Waals surface area contributed by atoms with E-state index in [0.717, 1.165) is 11.3 Å². The summed E-state index contributed by atoms with van der Waals surface area (Å²) in [6, 6.07) is 11.7. The van der Waals surface area contributed by atoms with Gasteiger partial charge < -0.3 is 10.1 Å². The van der Waals surface area contributed by atoms with Crippen molar-refractivity contribution in [2.75, 3.05) is 11.9 Å². The van der Waals surface area contributed by atoms with Crippen molar-refractivity contribution >= 4 is 17.7 Å². The smallest absolute Gasteiger partial charge is 0.248 e. The van der Waals surface area contributed by atoms with Crippen LogP contribution in [-0.2, 0) is 4.79 Å². The van der Waals surface area contributed by atoms with Crippen molar-refractivity contribution in [3.63, 3.8) is 0 Å². The van der Waals surface area contributed by atoms with Crippen molar-refractivity contribution in [2.24, 2.45) is 0 Å². The highest BCUT2D eigenvalue weighted by Crippen LogP contribution is 2.16. The highest BCUT2D eigenvalue weighted by molar-refractivity contribution is 6.02. The van der Waals surface area contributed by atoms with E-state index in [1.54, 1.807) is 19.1 Å². The van der Waals surface area contributed by atoms with E-state index in [2.05, 4.69) is 5.32 Å². The number of benzene rings is 2. The van der Waals surface area contributed by atoms with Crippen LogP contribution in [-0.4, -0.2) is 12.5 Å². The second kappa shape index (κ2) is 7.41. The molecule has 1 amide bonds. The minimum atomic E-state index is -0.319. The van der Waals surface area contributed by atoms with Crippen molar-refractivity contribution in [3.8, 4) is 5.75 Å². The number of hydrogen-bond donors (Lipinski definition) is 1. The number of carbonyl (C=O) groups is 1. The molecule has 0 unspecified atom stereocenters. The number of amides is 1. The Morgan fingerprint density at radius 1 is 1.23 bits per heavy atom. The van der Waals surface area contributed by atoms with E-state index in [9.17, 15) is 9.18 Å². The van der Waals surface area contributed by atoms with Crippen LogP contribution in [0.25, 0.3) is 6.08 Å². The number of carbonyl (C=O) groups excluding carboxylic acids is 1. The summed E-state index contributed by atoms with van der Waals surface area (Å²) in [7, 11) is 0. The van der Waals surface area contributed by atoms with E-state index in [1.807, 2.05) is 31.2 Å². The molecule has 3 nitrogen and oxygen atoms in total. The zero-order valence-electron chi connectivity index (χ0n) is 12.6. The van der Waals surface area contributed by atoms with Gasteiger partial charge in [0, 0.05) is 11.8 Å². The summed E-state index contributed by atoms with van der Waals surface area (Å²) in [5.74, 6) is 0.218. The predicted molar refractivity (Wildman–Crippen MR) is 86.4 cm³/mol. The summed E-state index contributed by atoms with van der Waals surface area (Å²) >= 11 is 0. The average Bonchev–Trinajstić information content (AvgIpc) is 2.50. The molecule has 2 rings (SSSR count). The summed E-state index contributed by atoms with van der Waals surface area (Å²) in [6.45, 7) is 4.29. The minimum Gasteiger partial charge on any atom is -0.494 e. The number of halogens is 1. The van der Waals surface area contributed by atoms with Crippen LogP contribution in [0.5, 0.6) is 5.75 Å². The summed E-state index contributed by atoms with van der Waals surface area (Å²) in [5, 5.41) is 2.72. The maximum atomic E-state index is 13.0. The lowest BCUT2D eigenvalue weighted by molar-refractivity contribution is -0.111. The monoisotopic (exact) mass is 299 g/mol. The molecule has 0 atom stereocenters. The fraction of sp³-hybridized carbons (Fsp3) is 0.167. The molecule has 0 fully saturated rings. The van der Waals surface area contributed by atoms with Crippen LogP contribution in [0.15, 0.2) is 48.5 Å². The molecule has 4 heteroatoms. The van der Waals surface area contributed by atoms with Gasteiger partial charge in [-0.05, 0) is 61.4 Å². The number of hydrogen-bond acceptors (Lipinski definition) is 2. The Morgan fingerprint density at radius 2 is 1.95 bits per heavy atom. The van der Waals surface area contributed by atoms with Crippen molar-refractivity contribution < 1.29 is 13.9 Å². The van der Waals surface area contributed by atoms with Crippen LogP contribution < -0.4 is 10.1 Å². The second-order valence-electron chi connectivity index (χ2n) is 4.78. The standard InChI is InChI=1S/C18H18FNO2/c1-3-22-16-8-4-14(5-9-16)6-11-18(21)20-17-10-7-15(19)12-13(17)2/h4-12H,3H2,1-2H3,(H,20,21)/b11-6+. The van der Waals surface area contributed by atoms with Crippen LogP contribution in [0.3, 0.4) is 0 Å². The number of aryl methyl sites for hydroxylation is 1. The van der Waals surface area contributed by atoms with Crippen LogP contribution >= 0.6 is 0 Å². The molecule has 0 saturated heterocycles. The molecule has 0 aliphatic rings. The van der Waals surface area contributed by atoms with Gasteiger partial charge in [-0.3, -0.25) is 4.79 Å². The van der Waals surface area contributed by atoms with Gasteiger partial charge in [-0.2, -0.15) is 0 Å². The quantitative estimate of drug-likeness (QED) is 0.841. The Kier molecular flexibility index (Phi) is 5.31. The third-order valence-corrected chi connectivity index (χ3v) is 3.06. The van der Waals surface area contributed by atoms with Gasteiger partial charge in [0.25, 0.3) is 0 Å². The Bertz CT molecular complexity index is 678. The number of ether oxygens (including phenoxy) is 1. The number of nitrogens with one attached hydrogen (secondary N) is 1. The van der Waals surface area contributed by atoms with Gasteiger partial charge in [-0.15, -0.1) is 0 Å². The molecule has 1 N–H and O–H groups in total. The molecule has 2 aromatic rings. The third kappa shape index (κ3) is 4.45. The minimum absolute atomic E-state index is 0.261. The number of rotatable bonds is 5. The topological polar surface area (TPSA) is 38.3 Å². The Balaban J connectivity index is 1.98. The summed E-state index contributed by atoms with van der Waals surface area (Å²) in [4.78, 5) is 11.9. The van der Waals surface area contributed by atoms with Crippen LogP contribution in [0, 0.1) is 12.7 Å². The second-order valence-corrected chi connectivity index (χ2v) is 4.78. The average molecular weight is 299 g/mol. The van der Waals surface area contributed by atoms with Crippen LogP contribution in [0.1, 0.15) is 18.1 Å². The molecule has 0 bridgehead atoms.